The van der Waals surface area contributed by atoms with Gasteiger partial charge >= 0.3 is 0 Å². The lowest BCUT2D eigenvalue weighted by Gasteiger charge is -2.20. The molecule has 0 atom stereocenters. The highest BCUT2D eigenvalue weighted by Crippen LogP contribution is 2.35. The predicted octanol–water partition coefficient (Wildman–Crippen LogP) is 5.72. The van der Waals surface area contributed by atoms with E-state index in [2.05, 4.69) is 0 Å². The number of halogens is 1. The Bertz CT molecular complexity index is 1140. The van der Waals surface area contributed by atoms with Crippen molar-refractivity contribution in [3.63, 3.8) is 0 Å². The molecule has 0 N–H and O–H groups in total. The van der Waals surface area contributed by atoms with Crippen molar-refractivity contribution >= 4 is 40.7 Å². The molecule has 4 rings (SSSR count). The fourth-order valence-electron chi connectivity index (χ4n) is 3.16. The zero-order valence-electron chi connectivity index (χ0n) is 15.2. The summed E-state index contributed by atoms with van der Waals surface area (Å²) in [5.74, 6) is -0.176. The van der Waals surface area contributed by atoms with Crippen LogP contribution >= 0.6 is 11.6 Å². The molecule has 5 nitrogen and oxygen atoms in total. The van der Waals surface area contributed by atoms with Crippen molar-refractivity contribution in [1.82, 2.24) is 0 Å². The average molecular weight is 403 g/mol. The number of carbonyl (C=O) groups is 1. The third-order valence-corrected chi connectivity index (χ3v) is 4.82. The van der Waals surface area contributed by atoms with E-state index in [1.807, 2.05) is 36.4 Å². The largest absolute Gasteiger partial charge is 0.276 e. The molecule has 0 aromatic heterocycles. The Hall–Kier alpha value is -3.70. The molecule has 3 aromatic rings. The van der Waals surface area contributed by atoms with E-state index in [9.17, 15) is 14.9 Å². The first kappa shape index (κ1) is 18.7. The molecular weight excluding hydrogens is 388 g/mol. The third kappa shape index (κ3) is 3.81. The van der Waals surface area contributed by atoms with Gasteiger partial charge in [-0.25, -0.2) is 0 Å². The number of anilines is 1. The highest BCUT2D eigenvalue weighted by molar-refractivity contribution is 6.30. The molecule has 0 saturated carbocycles. The summed E-state index contributed by atoms with van der Waals surface area (Å²) in [4.78, 5) is 25.3. The summed E-state index contributed by atoms with van der Waals surface area (Å²) in [7, 11) is 0. The van der Waals surface area contributed by atoms with E-state index < -0.39 is 4.92 Å². The molecule has 1 aliphatic heterocycles. The van der Waals surface area contributed by atoms with Gasteiger partial charge in [-0.1, -0.05) is 41.9 Å². The van der Waals surface area contributed by atoms with Crippen molar-refractivity contribution in [2.45, 2.75) is 0 Å². The maximum atomic E-state index is 13.2. The van der Waals surface area contributed by atoms with Gasteiger partial charge in [0, 0.05) is 28.4 Å². The molecular formula is C23H15ClN2O3. The number of hydrogen-bond acceptors (Lipinski definition) is 3. The lowest BCUT2D eigenvalue weighted by molar-refractivity contribution is -0.384. The Morgan fingerprint density at radius 1 is 0.897 bits per heavy atom. The van der Waals surface area contributed by atoms with Crippen LogP contribution in [0.5, 0.6) is 0 Å². The topological polar surface area (TPSA) is 63.4 Å². The van der Waals surface area contributed by atoms with Crippen LogP contribution in [-0.2, 0) is 4.79 Å². The average Bonchev–Trinajstić information content (AvgIpc) is 3.06. The van der Waals surface area contributed by atoms with Crippen molar-refractivity contribution in [3.05, 3.63) is 117 Å². The van der Waals surface area contributed by atoms with E-state index in [0.29, 0.717) is 21.8 Å². The van der Waals surface area contributed by atoms with Gasteiger partial charge in [-0.2, -0.15) is 0 Å². The molecule has 1 heterocycles. The summed E-state index contributed by atoms with van der Waals surface area (Å²) in [6, 6.07) is 22.8. The highest BCUT2D eigenvalue weighted by atomic mass is 35.5. The number of benzene rings is 3. The number of non-ortho nitro benzene ring substituents is 1. The second-order valence-electron chi connectivity index (χ2n) is 6.46. The van der Waals surface area contributed by atoms with Gasteiger partial charge in [-0.05, 0) is 59.7 Å². The minimum absolute atomic E-state index is 0.00760. The quantitative estimate of drug-likeness (QED) is 0.318. The Morgan fingerprint density at radius 3 is 2.17 bits per heavy atom. The maximum absolute atomic E-state index is 13.2. The lowest BCUT2D eigenvalue weighted by Crippen LogP contribution is -2.24. The van der Waals surface area contributed by atoms with Gasteiger partial charge in [0.25, 0.3) is 11.6 Å². The van der Waals surface area contributed by atoms with E-state index in [1.165, 1.54) is 12.1 Å². The van der Waals surface area contributed by atoms with Crippen molar-refractivity contribution in [2.24, 2.45) is 0 Å². The van der Waals surface area contributed by atoms with Crippen LogP contribution in [0.15, 0.2) is 90.5 Å². The maximum Gasteiger partial charge on any atom is 0.269 e. The third-order valence-electron chi connectivity index (χ3n) is 4.56. The van der Waals surface area contributed by atoms with Gasteiger partial charge in [-0.15, -0.1) is 0 Å². The van der Waals surface area contributed by atoms with Crippen LogP contribution in [-0.4, -0.2) is 10.8 Å². The Morgan fingerprint density at radius 2 is 1.55 bits per heavy atom. The minimum atomic E-state index is -0.451. The van der Waals surface area contributed by atoms with Crippen molar-refractivity contribution in [2.75, 3.05) is 4.90 Å². The number of nitrogens with zero attached hydrogens (tertiary/aromatic N) is 2. The van der Waals surface area contributed by atoms with Crippen LogP contribution in [0.25, 0.3) is 11.8 Å². The Labute approximate surface area is 172 Å². The van der Waals surface area contributed by atoms with Gasteiger partial charge in [0.2, 0.25) is 0 Å². The number of rotatable bonds is 4. The SMILES string of the molecule is O=C1/C(=C/c2ccc([N+](=O)[O-])cc2)C=C(c2ccccc2)N1c1ccc(Cl)cc1. The van der Waals surface area contributed by atoms with Crippen molar-refractivity contribution in [1.29, 1.82) is 0 Å². The summed E-state index contributed by atoms with van der Waals surface area (Å²) >= 11 is 6.00. The summed E-state index contributed by atoms with van der Waals surface area (Å²) in [5.41, 5.74) is 3.58. The summed E-state index contributed by atoms with van der Waals surface area (Å²) in [6.45, 7) is 0. The summed E-state index contributed by atoms with van der Waals surface area (Å²) in [6.07, 6.45) is 3.55. The number of nitro groups is 1. The molecule has 0 aliphatic carbocycles. The van der Waals surface area contributed by atoms with E-state index in [4.69, 9.17) is 11.6 Å². The zero-order chi connectivity index (χ0) is 20.4. The minimum Gasteiger partial charge on any atom is -0.276 e. The van der Waals surface area contributed by atoms with Crippen LogP contribution in [0.1, 0.15) is 11.1 Å². The van der Waals surface area contributed by atoms with Gasteiger partial charge in [-0.3, -0.25) is 19.8 Å². The van der Waals surface area contributed by atoms with Crippen molar-refractivity contribution < 1.29 is 9.72 Å². The van der Waals surface area contributed by atoms with Gasteiger partial charge < -0.3 is 0 Å². The monoisotopic (exact) mass is 402 g/mol. The molecule has 0 bridgehead atoms. The van der Waals surface area contributed by atoms with Crippen LogP contribution in [0, 0.1) is 10.1 Å². The molecule has 0 fully saturated rings. The van der Waals surface area contributed by atoms with E-state index in [-0.39, 0.29) is 11.6 Å². The molecule has 1 aliphatic rings. The molecule has 0 saturated heterocycles. The smallest absolute Gasteiger partial charge is 0.269 e. The van der Waals surface area contributed by atoms with E-state index in [0.717, 1.165) is 11.3 Å². The Kier molecular flexibility index (Phi) is 4.97. The molecule has 0 radical (unpaired) electrons. The first-order valence-corrected chi connectivity index (χ1v) is 9.24. The van der Waals surface area contributed by atoms with Crippen LogP contribution in [0.2, 0.25) is 5.02 Å². The number of nitro benzene ring substituents is 1. The second kappa shape index (κ2) is 7.73. The first-order valence-electron chi connectivity index (χ1n) is 8.86. The standard InChI is InChI=1S/C23H15ClN2O3/c24-19-8-12-20(13-9-19)25-22(17-4-2-1-3-5-17)15-18(23(25)27)14-16-6-10-21(11-7-16)26(28)29/h1-15H/b18-14+. The van der Waals surface area contributed by atoms with Crippen LogP contribution in [0.4, 0.5) is 11.4 Å². The molecule has 6 heteroatoms. The van der Waals surface area contributed by atoms with E-state index >= 15 is 0 Å². The van der Waals surface area contributed by atoms with Crippen molar-refractivity contribution in [3.8, 4) is 0 Å². The second-order valence-corrected chi connectivity index (χ2v) is 6.90. The number of hydrogen-bond donors (Lipinski definition) is 0. The first-order chi connectivity index (χ1) is 14.0. The van der Waals surface area contributed by atoms with Gasteiger partial charge in [0.15, 0.2) is 0 Å². The fraction of sp³-hybridized carbons (Fsp3) is 0. The molecule has 142 valence electrons. The van der Waals surface area contributed by atoms with Crippen LogP contribution < -0.4 is 4.90 Å². The summed E-state index contributed by atoms with van der Waals surface area (Å²) in [5, 5.41) is 11.4. The fourth-order valence-corrected chi connectivity index (χ4v) is 3.28. The van der Waals surface area contributed by atoms with E-state index in [1.54, 1.807) is 47.4 Å². The highest BCUT2D eigenvalue weighted by Gasteiger charge is 2.30. The Balaban J connectivity index is 1.77. The number of carbonyl (C=O) groups excluding carboxylic acids is 1. The molecule has 0 spiro atoms. The van der Waals surface area contributed by atoms with Crippen LogP contribution in [0.3, 0.4) is 0 Å². The molecule has 0 unspecified atom stereocenters. The molecule has 3 aromatic carbocycles. The molecule has 1 amide bonds. The number of amides is 1. The molecule has 29 heavy (non-hydrogen) atoms. The van der Waals surface area contributed by atoms with Gasteiger partial charge in [0.05, 0.1) is 10.6 Å². The normalized spacial score (nSPS) is 14.9. The zero-order valence-corrected chi connectivity index (χ0v) is 15.9. The summed E-state index contributed by atoms with van der Waals surface area (Å²) < 4.78 is 0. The predicted molar refractivity (Wildman–Crippen MR) is 114 cm³/mol. The lowest BCUT2D eigenvalue weighted by atomic mass is 10.1. The van der Waals surface area contributed by atoms with Gasteiger partial charge in [0.1, 0.15) is 0 Å².